The summed E-state index contributed by atoms with van der Waals surface area (Å²) < 4.78 is 24.8. The standard InChI is InChI=1S/C7H8FN.C6H3FN2.2CH4/c1-2-7-6(8)4-3-5-9-7;7-5-2-1-3-9-6(5)4-8;;/h3-5H,2H2,1H3;1-3H;2*1H4. The highest BCUT2D eigenvalue weighted by molar-refractivity contribution is 5.20. The molecule has 0 amide bonds. The molecule has 2 rings (SSSR count). The second-order valence-corrected chi connectivity index (χ2v) is 3.23. The van der Waals surface area contributed by atoms with E-state index in [4.69, 9.17) is 5.26 Å². The lowest BCUT2D eigenvalue weighted by Gasteiger charge is -1.93. The maximum absolute atomic E-state index is 12.5. The average Bonchev–Trinajstić information content (AvgIpc) is 2.41. The van der Waals surface area contributed by atoms with Gasteiger partial charge in [-0.2, -0.15) is 5.26 Å². The molecule has 0 aliphatic heterocycles. The van der Waals surface area contributed by atoms with Crippen molar-refractivity contribution in [2.45, 2.75) is 28.2 Å². The predicted molar refractivity (Wildman–Crippen MR) is 75.9 cm³/mol. The van der Waals surface area contributed by atoms with E-state index < -0.39 is 5.82 Å². The van der Waals surface area contributed by atoms with Gasteiger partial charge in [0.25, 0.3) is 0 Å². The monoisotopic (exact) mass is 279 g/mol. The SMILES string of the molecule is C.C.CCc1ncccc1F.N#Cc1ncccc1F. The molecule has 0 aromatic carbocycles. The van der Waals surface area contributed by atoms with Gasteiger partial charge in [0, 0.05) is 12.4 Å². The quantitative estimate of drug-likeness (QED) is 0.788. The summed E-state index contributed by atoms with van der Waals surface area (Å²) in [7, 11) is 0. The topological polar surface area (TPSA) is 49.6 Å². The van der Waals surface area contributed by atoms with Gasteiger partial charge in [0.1, 0.15) is 11.9 Å². The zero-order valence-electron chi connectivity index (χ0n) is 9.77. The highest BCUT2D eigenvalue weighted by Crippen LogP contribution is 2.01. The maximum atomic E-state index is 12.5. The number of rotatable bonds is 1. The van der Waals surface area contributed by atoms with Crippen molar-refractivity contribution < 1.29 is 8.78 Å². The van der Waals surface area contributed by atoms with Crippen LogP contribution in [0.3, 0.4) is 0 Å². The minimum atomic E-state index is -0.569. The molecule has 0 aliphatic carbocycles. The summed E-state index contributed by atoms with van der Waals surface area (Å²) in [5.74, 6) is -0.778. The molecule has 0 spiro atoms. The number of hydrogen-bond acceptors (Lipinski definition) is 3. The lowest BCUT2D eigenvalue weighted by atomic mass is 10.3. The molecule has 2 heterocycles. The van der Waals surface area contributed by atoms with Gasteiger partial charge >= 0.3 is 0 Å². The molecule has 0 saturated heterocycles. The van der Waals surface area contributed by atoms with E-state index in [1.165, 1.54) is 24.4 Å². The van der Waals surface area contributed by atoms with E-state index in [0.29, 0.717) is 12.1 Å². The third kappa shape index (κ3) is 6.01. The Morgan fingerprint density at radius 2 is 1.60 bits per heavy atom. The fraction of sp³-hybridized carbons (Fsp3) is 0.267. The van der Waals surface area contributed by atoms with Crippen LogP contribution in [0.2, 0.25) is 0 Å². The number of halogens is 2. The minimum absolute atomic E-state index is 0. The molecule has 20 heavy (non-hydrogen) atoms. The first-order chi connectivity index (χ1) is 8.69. The Hall–Kier alpha value is -2.35. The van der Waals surface area contributed by atoms with Crippen LogP contribution in [0.4, 0.5) is 8.78 Å². The van der Waals surface area contributed by atoms with Gasteiger partial charge in [-0.05, 0) is 30.7 Å². The Labute approximate surface area is 118 Å². The second-order valence-electron chi connectivity index (χ2n) is 3.23. The van der Waals surface area contributed by atoms with E-state index >= 15 is 0 Å². The largest absolute Gasteiger partial charge is 0.258 e. The van der Waals surface area contributed by atoms with Crippen LogP contribution in [-0.2, 0) is 6.42 Å². The summed E-state index contributed by atoms with van der Waals surface area (Å²) in [4.78, 5) is 7.28. The van der Waals surface area contributed by atoms with Gasteiger partial charge in [-0.3, -0.25) is 4.98 Å². The molecular formula is C15H19F2N3. The summed E-state index contributed by atoms with van der Waals surface area (Å²) in [5.41, 5.74) is 0.384. The molecule has 5 heteroatoms. The highest BCUT2D eigenvalue weighted by atomic mass is 19.1. The Morgan fingerprint density at radius 1 is 1.05 bits per heavy atom. The summed E-state index contributed by atoms with van der Waals surface area (Å²) in [6, 6.07) is 7.26. The van der Waals surface area contributed by atoms with Crippen LogP contribution in [0.25, 0.3) is 0 Å². The van der Waals surface area contributed by atoms with Crippen LogP contribution in [0.15, 0.2) is 36.7 Å². The molecule has 2 aromatic rings. The fourth-order valence-corrected chi connectivity index (χ4v) is 1.15. The third-order valence-corrected chi connectivity index (χ3v) is 2.03. The molecule has 0 radical (unpaired) electrons. The Bertz CT molecular complexity index is 545. The molecule has 0 atom stereocenters. The van der Waals surface area contributed by atoms with Crippen molar-refractivity contribution in [2.24, 2.45) is 0 Å². The molecule has 0 aliphatic rings. The molecule has 0 bridgehead atoms. The van der Waals surface area contributed by atoms with E-state index in [1.54, 1.807) is 18.3 Å². The molecule has 108 valence electrons. The van der Waals surface area contributed by atoms with Crippen LogP contribution in [-0.4, -0.2) is 9.97 Å². The van der Waals surface area contributed by atoms with Gasteiger partial charge in [0.05, 0.1) is 5.69 Å². The van der Waals surface area contributed by atoms with Gasteiger partial charge in [-0.1, -0.05) is 21.8 Å². The van der Waals surface area contributed by atoms with Crippen molar-refractivity contribution in [2.75, 3.05) is 0 Å². The molecule has 0 saturated carbocycles. The van der Waals surface area contributed by atoms with Crippen molar-refractivity contribution in [1.82, 2.24) is 9.97 Å². The van der Waals surface area contributed by atoms with Crippen molar-refractivity contribution in [3.63, 3.8) is 0 Å². The number of hydrogen-bond donors (Lipinski definition) is 0. The van der Waals surface area contributed by atoms with Gasteiger partial charge in [0.15, 0.2) is 11.5 Å². The van der Waals surface area contributed by atoms with E-state index in [2.05, 4.69) is 9.97 Å². The lowest BCUT2D eigenvalue weighted by Crippen LogP contribution is -1.89. The van der Waals surface area contributed by atoms with Crippen molar-refractivity contribution in [1.29, 1.82) is 5.26 Å². The lowest BCUT2D eigenvalue weighted by molar-refractivity contribution is 0.602. The van der Waals surface area contributed by atoms with Gasteiger partial charge in [-0.25, -0.2) is 13.8 Å². The van der Waals surface area contributed by atoms with Crippen molar-refractivity contribution in [3.8, 4) is 6.07 Å². The Morgan fingerprint density at radius 3 is 1.95 bits per heavy atom. The van der Waals surface area contributed by atoms with Gasteiger partial charge in [0.2, 0.25) is 0 Å². The normalized spacial score (nSPS) is 8.10. The number of nitriles is 1. The molecular weight excluding hydrogens is 260 g/mol. The van der Waals surface area contributed by atoms with Crippen molar-refractivity contribution in [3.05, 3.63) is 59.7 Å². The highest BCUT2D eigenvalue weighted by Gasteiger charge is 1.97. The van der Waals surface area contributed by atoms with Gasteiger partial charge in [-0.15, -0.1) is 0 Å². The van der Waals surface area contributed by atoms with Crippen LogP contribution in [0, 0.1) is 23.0 Å². The van der Waals surface area contributed by atoms with E-state index in [1.807, 2.05) is 6.92 Å². The molecule has 2 aromatic heterocycles. The molecule has 0 unspecified atom stereocenters. The van der Waals surface area contributed by atoms with Crippen LogP contribution in [0.5, 0.6) is 0 Å². The van der Waals surface area contributed by atoms with Crippen LogP contribution < -0.4 is 0 Å². The summed E-state index contributed by atoms with van der Waals surface area (Å²) in [6.07, 6.45) is 3.64. The van der Waals surface area contributed by atoms with Crippen molar-refractivity contribution >= 4 is 0 Å². The number of aryl methyl sites for hydroxylation is 1. The molecule has 3 nitrogen and oxygen atoms in total. The number of pyridine rings is 2. The summed E-state index contributed by atoms with van der Waals surface area (Å²) in [6.45, 7) is 1.88. The predicted octanol–water partition coefficient (Wildman–Crippen LogP) is 4.15. The smallest absolute Gasteiger partial charge is 0.176 e. The maximum Gasteiger partial charge on any atom is 0.176 e. The van der Waals surface area contributed by atoms with E-state index in [-0.39, 0.29) is 26.4 Å². The average molecular weight is 279 g/mol. The Kier molecular flexibility index (Phi) is 10.5. The van der Waals surface area contributed by atoms with Gasteiger partial charge < -0.3 is 0 Å². The minimum Gasteiger partial charge on any atom is -0.258 e. The molecule has 0 N–H and O–H groups in total. The number of nitrogens with zero attached hydrogens (tertiary/aromatic N) is 3. The first-order valence-corrected chi connectivity index (χ1v) is 5.29. The molecule has 0 fully saturated rings. The van der Waals surface area contributed by atoms with E-state index in [0.717, 1.165) is 0 Å². The summed E-state index contributed by atoms with van der Waals surface area (Å²) in [5, 5.41) is 8.17. The first kappa shape index (κ1) is 20.0. The van der Waals surface area contributed by atoms with Crippen LogP contribution >= 0.6 is 0 Å². The fourth-order valence-electron chi connectivity index (χ4n) is 1.15. The zero-order chi connectivity index (χ0) is 13.4. The number of aromatic nitrogens is 2. The zero-order valence-corrected chi connectivity index (χ0v) is 9.77. The second kappa shape index (κ2) is 10.6. The summed E-state index contributed by atoms with van der Waals surface area (Å²) >= 11 is 0. The third-order valence-electron chi connectivity index (χ3n) is 2.03. The van der Waals surface area contributed by atoms with E-state index in [9.17, 15) is 8.78 Å². The van der Waals surface area contributed by atoms with Crippen LogP contribution in [0.1, 0.15) is 33.2 Å². The Balaban J connectivity index is 0. The first-order valence-electron chi connectivity index (χ1n) is 5.29.